The number of nitrogens with one attached hydrogen (secondary N) is 2. The third-order valence-electron chi connectivity index (χ3n) is 1.89. The van der Waals surface area contributed by atoms with Crippen LogP contribution in [0.3, 0.4) is 0 Å². The van der Waals surface area contributed by atoms with E-state index in [1.807, 2.05) is 14.1 Å². The molecule has 0 atom stereocenters. The number of imide groups is 1. The van der Waals surface area contributed by atoms with Crippen molar-refractivity contribution in [2.24, 2.45) is 0 Å². The van der Waals surface area contributed by atoms with Gasteiger partial charge in [0.25, 0.3) is 0 Å². The van der Waals surface area contributed by atoms with Crippen molar-refractivity contribution in [3.8, 4) is 0 Å². The molecule has 0 aromatic heterocycles. The first-order valence-electron chi connectivity index (χ1n) is 5.34. The Hall–Kier alpha value is -0.810. The molecule has 0 spiro atoms. The molecule has 0 saturated heterocycles. The molecule has 0 aliphatic carbocycles. The van der Waals surface area contributed by atoms with E-state index in [9.17, 15) is 9.59 Å². The summed E-state index contributed by atoms with van der Waals surface area (Å²) in [4.78, 5) is 24.2. The Bertz CT molecular complexity index is 222. The maximum atomic E-state index is 11.1. The van der Waals surface area contributed by atoms with Gasteiger partial charge in [0.15, 0.2) is 0 Å². The Balaban J connectivity index is 3.40. The van der Waals surface area contributed by atoms with Crippen LogP contribution in [0.4, 0.5) is 4.79 Å². The van der Waals surface area contributed by atoms with Gasteiger partial charge in [-0.2, -0.15) is 0 Å². The second-order valence-corrected chi connectivity index (χ2v) is 4.13. The molecule has 0 aliphatic heterocycles. The van der Waals surface area contributed by atoms with Gasteiger partial charge in [-0.3, -0.25) is 10.1 Å². The maximum Gasteiger partial charge on any atom is 0.321 e. The maximum absolute atomic E-state index is 11.1. The number of amides is 3. The van der Waals surface area contributed by atoms with Crippen molar-refractivity contribution < 1.29 is 9.59 Å². The molecule has 0 fully saturated rings. The first kappa shape index (κ1) is 15.2. The average molecular weight is 250 g/mol. The fourth-order valence-corrected chi connectivity index (χ4v) is 1.25. The van der Waals surface area contributed by atoms with Crippen LogP contribution in [0.1, 0.15) is 19.3 Å². The predicted octanol–water partition coefficient (Wildman–Crippen LogP) is 0.783. The first-order valence-corrected chi connectivity index (χ1v) is 5.88. The molecule has 0 aliphatic rings. The fraction of sp³-hybridized carbons (Fsp3) is 0.800. The van der Waals surface area contributed by atoms with Gasteiger partial charge in [-0.25, -0.2) is 4.79 Å². The lowest BCUT2D eigenvalue weighted by Gasteiger charge is -2.09. The summed E-state index contributed by atoms with van der Waals surface area (Å²) < 4.78 is 0. The van der Waals surface area contributed by atoms with Gasteiger partial charge in [0, 0.05) is 18.8 Å². The Morgan fingerprint density at radius 2 is 1.94 bits per heavy atom. The van der Waals surface area contributed by atoms with Gasteiger partial charge in [0.1, 0.15) is 0 Å². The zero-order valence-corrected chi connectivity index (χ0v) is 10.6. The number of hydrogen-bond donors (Lipinski definition) is 2. The lowest BCUT2D eigenvalue weighted by molar-refractivity contribution is -0.119. The van der Waals surface area contributed by atoms with Crippen molar-refractivity contribution in [3.63, 3.8) is 0 Å². The average Bonchev–Trinajstić information content (AvgIpc) is 2.16. The van der Waals surface area contributed by atoms with E-state index in [1.165, 1.54) is 0 Å². The minimum atomic E-state index is -0.444. The largest absolute Gasteiger partial charge is 0.338 e. The smallest absolute Gasteiger partial charge is 0.321 e. The molecule has 3 amide bonds. The molecule has 0 aromatic carbocycles. The number of rotatable bonds is 7. The van der Waals surface area contributed by atoms with Crippen LogP contribution in [-0.2, 0) is 4.79 Å². The third-order valence-corrected chi connectivity index (χ3v) is 2.08. The molecule has 0 saturated carbocycles. The molecular weight excluding hydrogens is 230 g/mol. The van der Waals surface area contributed by atoms with Crippen molar-refractivity contribution in [2.75, 3.05) is 33.1 Å². The first-order chi connectivity index (χ1) is 7.56. The van der Waals surface area contributed by atoms with Crippen LogP contribution in [0, 0.1) is 0 Å². The number of unbranched alkanes of at least 4 members (excludes halogenated alkanes) is 1. The molecule has 0 bridgehead atoms. The number of alkyl halides is 1. The highest BCUT2D eigenvalue weighted by Crippen LogP contribution is 1.89. The molecule has 6 heteroatoms. The quantitative estimate of drug-likeness (QED) is 0.518. The monoisotopic (exact) mass is 249 g/mol. The van der Waals surface area contributed by atoms with Crippen molar-refractivity contribution in [1.82, 2.24) is 15.5 Å². The van der Waals surface area contributed by atoms with Gasteiger partial charge >= 0.3 is 6.03 Å². The number of carbonyl (C=O) groups is 2. The van der Waals surface area contributed by atoms with Crippen LogP contribution in [0.5, 0.6) is 0 Å². The Kier molecular flexibility index (Phi) is 8.94. The van der Waals surface area contributed by atoms with E-state index < -0.39 is 6.03 Å². The normalized spacial score (nSPS) is 10.2. The van der Waals surface area contributed by atoms with Gasteiger partial charge in [-0.1, -0.05) is 0 Å². The van der Waals surface area contributed by atoms with Gasteiger partial charge in [0.2, 0.25) is 5.91 Å². The van der Waals surface area contributed by atoms with Gasteiger partial charge in [-0.05, 0) is 33.5 Å². The lowest BCUT2D eigenvalue weighted by Crippen LogP contribution is -2.40. The van der Waals surface area contributed by atoms with Crippen molar-refractivity contribution in [2.45, 2.75) is 19.3 Å². The molecule has 0 aromatic rings. The van der Waals surface area contributed by atoms with E-state index in [2.05, 4.69) is 15.5 Å². The fourth-order valence-electron chi connectivity index (χ4n) is 1.07. The van der Waals surface area contributed by atoms with Crippen LogP contribution in [0.15, 0.2) is 0 Å². The number of nitrogens with zero attached hydrogens (tertiary/aromatic N) is 1. The van der Waals surface area contributed by atoms with Crippen molar-refractivity contribution in [3.05, 3.63) is 0 Å². The van der Waals surface area contributed by atoms with Gasteiger partial charge in [0.05, 0.1) is 0 Å². The molecule has 2 N–H and O–H groups in total. The van der Waals surface area contributed by atoms with E-state index in [1.54, 1.807) is 0 Å². The summed E-state index contributed by atoms with van der Waals surface area (Å²) in [5, 5.41) is 4.81. The minimum absolute atomic E-state index is 0.162. The number of halogens is 1. The molecule has 0 heterocycles. The SMILES string of the molecule is CN(C)CCCCNC(=O)NC(=O)CCCl. The summed E-state index contributed by atoms with van der Waals surface area (Å²) in [6.45, 7) is 1.57. The molecule has 16 heavy (non-hydrogen) atoms. The number of carbonyl (C=O) groups excluding carboxylic acids is 2. The number of hydrogen-bond acceptors (Lipinski definition) is 3. The highest BCUT2D eigenvalue weighted by atomic mass is 35.5. The highest BCUT2D eigenvalue weighted by Gasteiger charge is 2.05. The summed E-state index contributed by atoms with van der Waals surface area (Å²) in [6, 6.07) is -0.444. The third kappa shape index (κ3) is 9.73. The minimum Gasteiger partial charge on any atom is -0.338 e. The molecular formula is C10H20ClN3O2. The Morgan fingerprint density at radius 3 is 2.50 bits per heavy atom. The van der Waals surface area contributed by atoms with E-state index >= 15 is 0 Å². The predicted molar refractivity (Wildman–Crippen MR) is 64.7 cm³/mol. The Labute approximate surface area is 102 Å². The van der Waals surface area contributed by atoms with Crippen molar-refractivity contribution in [1.29, 1.82) is 0 Å². The topological polar surface area (TPSA) is 61.4 Å². The van der Waals surface area contributed by atoms with E-state index in [0.29, 0.717) is 6.54 Å². The van der Waals surface area contributed by atoms with E-state index in [4.69, 9.17) is 11.6 Å². The van der Waals surface area contributed by atoms with Crippen LogP contribution in [0.2, 0.25) is 0 Å². The zero-order chi connectivity index (χ0) is 12.4. The summed E-state index contributed by atoms with van der Waals surface area (Å²) >= 11 is 5.36. The summed E-state index contributed by atoms with van der Waals surface area (Å²) in [5.41, 5.74) is 0. The molecule has 0 rings (SSSR count). The Morgan fingerprint density at radius 1 is 1.25 bits per heavy atom. The lowest BCUT2D eigenvalue weighted by atomic mass is 10.3. The zero-order valence-electron chi connectivity index (χ0n) is 9.88. The van der Waals surface area contributed by atoms with E-state index in [-0.39, 0.29) is 18.2 Å². The van der Waals surface area contributed by atoms with Gasteiger partial charge in [-0.15, -0.1) is 11.6 Å². The van der Waals surface area contributed by atoms with Crippen LogP contribution in [-0.4, -0.2) is 49.9 Å². The summed E-state index contributed by atoms with van der Waals surface area (Å²) in [5.74, 6) is -0.122. The van der Waals surface area contributed by atoms with Crippen molar-refractivity contribution >= 4 is 23.5 Å². The molecule has 0 radical (unpaired) electrons. The molecule has 0 unspecified atom stereocenters. The summed E-state index contributed by atoms with van der Waals surface area (Å²) in [7, 11) is 4.01. The van der Waals surface area contributed by atoms with Crippen LogP contribution in [0.25, 0.3) is 0 Å². The standard InChI is InChI=1S/C10H20ClN3O2/c1-14(2)8-4-3-7-12-10(16)13-9(15)5-6-11/h3-8H2,1-2H3,(H2,12,13,15,16). The molecule has 5 nitrogen and oxygen atoms in total. The van der Waals surface area contributed by atoms with Crippen LogP contribution < -0.4 is 10.6 Å². The van der Waals surface area contributed by atoms with Gasteiger partial charge < -0.3 is 10.2 Å². The summed E-state index contributed by atoms with van der Waals surface area (Å²) in [6.07, 6.45) is 2.08. The number of urea groups is 1. The highest BCUT2D eigenvalue weighted by molar-refractivity contribution is 6.19. The molecule has 94 valence electrons. The van der Waals surface area contributed by atoms with E-state index in [0.717, 1.165) is 19.4 Å². The second kappa shape index (κ2) is 9.42. The second-order valence-electron chi connectivity index (χ2n) is 3.75. The van der Waals surface area contributed by atoms with Crippen LogP contribution >= 0.6 is 11.6 Å².